The molecule has 0 spiro atoms. The van der Waals surface area contributed by atoms with Gasteiger partial charge in [-0.2, -0.15) is 0 Å². The second-order valence-electron chi connectivity index (χ2n) is 11.8. The number of anilines is 1. The number of piperidine rings is 1. The van der Waals surface area contributed by atoms with Gasteiger partial charge in [0.15, 0.2) is 11.5 Å². The van der Waals surface area contributed by atoms with E-state index >= 15 is 0 Å². The number of nitrogens with zero attached hydrogens (tertiary/aromatic N) is 2. The van der Waals surface area contributed by atoms with Crippen molar-refractivity contribution in [1.29, 1.82) is 0 Å². The Morgan fingerprint density at radius 1 is 1.05 bits per heavy atom. The molecule has 1 saturated heterocycles. The molecule has 43 heavy (non-hydrogen) atoms. The normalized spacial score (nSPS) is 20.3. The fraction of sp³-hybridized carbons (Fsp3) is 0.457. The molecule has 230 valence electrons. The van der Waals surface area contributed by atoms with Crippen molar-refractivity contribution < 1.29 is 19.4 Å². The average Bonchev–Trinajstić information content (AvgIpc) is 3.01. The summed E-state index contributed by atoms with van der Waals surface area (Å²) >= 11 is 6.29. The molecule has 2 aliphatic heterocycles. The SMILES string of the molecule is CCC(C)Oc1cc2c(cc1OC)CC(O)N(c1ccc(C(C)NC3CCN(C(C)=O)CC3)cc1)C2c1ccc(Cl)cc1. The molecule has 2 heterocycles. The van der Waals surface area contributed by atoms with Crippen LogP contribution >= 0.6 is 11.6 Å². The lowest BCUT2D eigenvalue weighted by molar-refractivity contribution is -0.129. The second kappa shape index (κ2) is 13.6. The van der Waals surface area contributed by atoms with Gasteiger partial charge < -0.3 is 29.7 Å². The number of ether oxygens (including phenoxy) is 2. The van der Waals surface area contributed by atoms with E-state index < -0.39 is 6.23 Å². The quantitative estimate of drug-likeness (QED) is 0.284. The molecular formula is C35H44ClN3O4. The first kappa shape index (κ1) is 31.2. The van der Waals surface area contributed by atoms with E-state index in [4.69, 9.17) is 21.1 Å². The monoisotopic (exact) mass is 605 g/mol. The topological polar surface area (TPSA) is 74.3 Å². The number of benzene rings is 3. The van der Waals surface area contributed by atoms with E-state index in [1.165, 1.54) is 5.56 Å². The summed E-state index contributed by atoms with van der Waals surface area (Å²) in [5, 5.41) is 16.0. The first-order valence-electron chi connectivity index (χ1n) is 15.4. The molecule has 0 bridgehead atoms. The molecule has 3 aromatic rings. The number of methoxy groups -OCH3 is 1. The maximum absolute atomic E-state index is 11.7. The van der Waals surface area contributed by atoms with Crippen molar-refractivity contribution >= 4 is 23.2 Å². The van der Waals surface area contributed by atoms with Crippen LogP contribution in [-0.2, 0) is 11.2 Å². The molecule has 4 unspecified atom stereocenters. The van der Waals surface area contributed by atoms with Gasteiger partial charge >= 0.3 is 0 Å². The van der Waals surface area contributed by atoms with Gasteiger partial charge in [0, 0.05) is 49.2 Å². The van der Waals surface area contributed by atoms with Crippen LogP contribution in [0.15, 0.2) is 60.7 Å². The maximum Gasteiger partial charge on any atom is 0.219 e. The first-order chi connectivity index (χ1) is 20.7. The number of hydrogen-bond donors (Lipinski definition) is 2. The van der Waals surface area contributed by atoms with Gasteiger partial charge in [0.25, 0.3) is 0 Å². The van der Waals surface area contributed by atoms with Gasteiger partial charge in [-0.3, -0.25) is 4.79 Å². The van der Waals surface area contributed by atoms with Gasteiger partial charge in [0.05, 0.1) is 19.3 Å². The van der Waals surface area contributed by atoms with Crippen LogP contribution in [0.3, 0.4) is 0 Å². The number of aliphatic hydroxyl groups excluding tert-OH is 1. The van der Waals surface area contributed by atoms with Crippen LogP contribution in [-0.4, -0.2) is 54.5 Å². The average molecular weight is 606 g/mol. The van der Waals surface area contributed by atoms with E-state index in [9.17, 15) is 9.90 Å². The molecule has 1 fully saturated rings. The predicted octanol–water partition coefficient (Wildman–Crippen LogP) is 6.66. The van der Waals surface area contributed by atoms with Crippen LogP contribution in [0.1, 0.15) is 81.3 Å². The van der Waals surface area contributed by atoms with Crippen molar-refractivity contribution in [2.24, 2.45) is 0 Å². The zero-order chi connectivity index (χ0) is 30.7. The van der Waals surface area contributed by atoms with Crippen molar-refractivity contribution in [1.82, 2.24) is 10.2 Å². The van der Waals surface area contributed by atoms with Crippen molar-refractivity contribution in [3.05, 3.63) is 87.9 Å². The number of carbonyl (C=O) groups excluding carboxylic acids is 1. The molecule has 0 radical (unpaired) electrons. The lowest BCUT2D eigenvalue weighted by Gasteiger charge is -2.43. The third kappa shape index (κ3) is 6.95. The fourth-order valence-corrected chi connectivity index (χ4v) is 6.40. The van der Waals surface area contributed by atoms with Gasteiger partial charge in [-0.15, -0.1) is 0 Å². The Hall–Kier alpha value is -3.26. The Morgan fingerprint density at radius 2 is 1.72 bits per heavy atom. The minimum atomic E-state index is -0.743. The highest BCUT2D eigenvalue weighted by atomic mass is 35.5. The molecule has 3 aromatic carbocycles. The highest BCUT2D eigenvalue weighted by Gasteiger charge is 2.36. The molecule has 2 N–H and O–H groups in total. The number of carbonyl (C=O) groups is 1. The molecule has 7 nitrogen and oxygen atoms in total. The van der Waals surface area contributed by atoms with Crippen molar-refractivity contribution in [3.63, 3.8) is 0 Å². The fourth-order valence-electron chi connectivity index (χ4n) is 6.27. The van der Waals surface area contributed by atoms with Gasteiger partial charge in [0.2, 0.25) is 5.91 Å². The van der Waals surface area contributed by atoms with Crippen LogP contribution in [0.5, 0.6) is 11.5 Å². The first-order valence-corrected chi connectivity index (χ1v) is 15.8. The number of aliphatic hydroxyl groups is 1. The Bertz CT molecular complexity index is 1390. The van der Waals surface area contributed by atoms with Gasteiger partial charge in [0.1, 0.15) is 6.23 Å². The minimum Gasteiger partial charge on any atom is -0.493 e. The summed E-state index contributed by atoms with van der Waals surface area (Å²) in [4.78, 5) is 15.7. The van der Waals surface area contributed by atoms with Gasteiger partial charge in [-0.25, -0.2) is 0 Å². The molecule has 2 aliphatic rings. The summed E-state index contributed by atoms with van der Waals surface area (Å²) < 4.78 is 12.0. The standard InChI is InChI=1S/C35H44ClN3O4/c1-6-22(2)43-33-21-31-27(19-32(33)42-5)20-34(41)39(35(31)26-7-11-28(36)12-8-26)30-13-9-25(10-14-30)23(3)37-29-15-17-38(18-16-29)24(4)40/h7-14,19,21-23,29,34-35,37,41H,6,15-18,20H2,1-5H3. The lowest BCUT2D eigenvalue weighted by Crippen LogP contribution is -2.45. The summed E-state index contributed by atoms with van der Waals surface area (Å²) in [6, 6.07) is 20.7. The van der Waals surface area contributed by atoms with Crippen LogP contribution in [0.2, 0.25) is 5.02 Å². The molecule has 0 aromatic heterocycles. The number of amides is 1. The Kier molecular flexibility index (Phi) is 9.85. The van der Waals surface area contributed by atoms with E-state index in [-0.39, 0.29) is 24.1 Å². The number of fused-ring (bicyclic) bond motifs is 1. The van der Waals surface area contributed by atoms with E-state index in [2.05, 4.69) is 61.3 Å². The Morgan fingerprint density at radius 3 is 2.33 bits per heavy atom. The Labute approximate surface area is 260 Å². The van der Waals surface area contributed by atoms with Crippen LogP contribution in [0.4, 0.5) is 5.69 Å². The summed E-state index contributed by atoms with van der Waals surface area (Å²) in [5.74, 6) is 1.53. The third-order valence-electron chi connectivity index (χ3n) is 8.93. The highest BCUT2D eigenvalue weighted by Crippen LogP contribution is 2.45. The van der Waals surface area contributed by atoms with Crippen molar-refractivity contribution in [3.8, 4) is 11.5 Å². The largest absolute Gasteiger partial charge is 0.493 e. The Balaban J connectivity index is 1.44. The number of hydrogen-bond acceptors (Lipinski definition) is 6. The molecular weight excluding hydrogens is 562 g/mol. The van der Waals surface area contributed by atoms with E-state index in [0.717, 1.165) is 54.7 Å². The number of halogens is 1. The number of nitrogens with one attached hydrogen (secondary N) is 1. The summed E-state index contributed by atoms with van der Waals surface area (Å²) in [6.07, 6.45) is 2.54. The van der Waals surface area contributed by atoms with Crippen molar-refractivity contribution in [2.45, 2.75) is 83.8 Å². The van der Waals surface area contributed by atoms with Crippen LogP contribution in [0.25, 0.3) is 0 Å². The zero-order valence-corrected chi connectivity index (χ0v) is 26.6. The summed E-state index contributed by atoms with van der Waals surface area (Å²) in [6.45, 7) is 9.58. The number of likely N-dealkylation sites (tertiary alicyclic amines) is 1. The smallest absolute Gasteiger partial charge is 0.219 e. The minimum absolute atomic E-state index is 0.0380. The van der Waals surface area contributed by atoms with E-state index in [0.29, 0.717) is 29.0 Å². The van der Waals surface area contributed by atoms with Gasteiger partial charge in [-0.1, -0.05) is 42.8 Å². The molecule has 0 aliphatic carbocycles. The second-order valence-corrected chi connectivity index (χ2v) is 12.3. The molecule has 5 rings (SSSR count). The van der Waals surface area contributed by atoms with Crippen molar-refractivity contribution in [2.75, 3.05) is 25.1 Å². The predicted molar refractivity (Wildman–Crippen MR) is 172 cm³/mol. The van der Waals surface area contributed by atoms with Gasteiger partial charge in [-0.05, 0) is 91.8 Å². The van der Waals surface area contributed by atoms with E-state index in [1.807, 2.05) is 35.2 Å². The van der Waals surface area contributed by atoms with E-state index in [1.54, 1.807) is 14.0 Å². The molecule has 0 saturated carbocycles. The number of rotatable bonds is 9. The van der Waals surface area contributed by atoms with Crippen LogP contribution < -0.4 is 19.7 Å². The maximum atomic E-state index is 11.7. The molecule has 8 heteroatoms. The summed E-state index contributed by atoms with van der Waals surface area (Å²) in [5.41, 5.74) is 5.25. The zero-order valence-electron chi connectivity index (χ0n) is 25.8. The third-order valence-corrected chi connectivity index (χ3v) is 9.18. The highest BCUT2D eigenvalue weighted by molar-refractivity contribution is 6.30. The summed E-state index contributed by atoms with van der Waals surface area (Å²) in [7, 11) is 1.65. The molecule has 1 amide bonds. The van der Waals surface area contributed by atoms with Crippen LogP contribution in [0, 0.1) is 0 Å². The molecule has 4 atom stereocenters. The lowest BCUT2D eigenvalue weighted by atomic mass is 9.86.